The standard InChI is InChI=1S/C26H22Br2N2O5S/c1-3-34-25(32)20-19(15-8-6-10-17(28)13-15)21(26(33)35-4-2)24-30(22(20)29)23(31)18(36-24)12-14-7-5-9-16(27)11-14/h5-13,19H,3-4,29H2,1-2H3/b18-12+/t19-/m1/s1. The first-order chi connectivity index (χ1) is 17.3. The van der Waals surface area contributed by atoms with E-state index in [-0.39, 0.29) is 30.2 Å². The number of thiazole rings is 1. The summed E-state index contributed by atoms with van der Waals surface area (Å²) < 4.78 is 14.2. The molecule has 1 aromatic heterocycles. The number of halogens is 2. The van der Waals surface area contributed by atoms with Crippen molar-refractivity contribution in [3.63, 3.8) is 0 Å². The zero-order valence-electron chi connectivity index (χ0n) is 19.4. The molecule has 0 spiro atoms. The number of esters is 2. The van der Waals surface area contributed by atoms with E-state index < -0.39 is 23.4 Å². The van der Waals surface area contributed by atoms with Gasteiger partial charge in [0.1, 0.15) is 10.5 Å². The molecular formula is C26H22Br2N2O5S. The van der Waals surface area contributed by atoms with Gasteiger partial charge in [-0.1, -0.05) is 56.1 Å². The minimum absolute atomic E-state index is 0.0133. The van der Waals surface area contributed by atoms with Gasteiger partial charge < -0.3 is 15.2 Å². The molecule has 2 N–H and O–H groups in total. The average Bonchev–Trinajstić information content (AvgIpc) is 3.15. The number of fused-ring (bicyclic) bond motifs is 1. The molecule has 7 nitrogen and oxygen atoms in total. The molecule has 36 heavy (non-hydrogen) atoms. The molecule has 4 rings (SSSR count). The van der Waals surface area contributed by atoms with E-state index in [2.05, 4.69) is 31.9 Å². The third-order valence-corrected chi connectivity index (χ3v) is 7.56. The second-order valence-corrected chi connectivity index (χ2v) is 10.6. The Kier molecular flexibility index (Phi) is 7.97. The van der Waals surface area contributed by atoms with Crippen LogP contribution in [0, 0.1) is 0 Å². The van der Waals surface area contributed by atoms with Crippen molar-refractivity contribution in [3.05, 3.63) is 93.7 Å². The van der Waals surface area contributed by atoms with Gasteiger partial charge in [0.2, 0.25) is 0 Å². The van der Waals surface area contributed by atoms with Gasteiger partial charge in [-0.3, -0.25) is 9.36 Å². The van der Waals surface area contributed by atoms with Gasteiger partial charge in [0.05, 0.1) is 34.8 Å². The predicted molar refractivity (Wildman–Crippen MR) is 146 cm³/mol. The van der Waals surface area contributed by atoms with Crippen LogP contribution in [0.5, 0.6) is 0 Å². The number of carbonyl (C=O) groups is 2. The van der Waals surface area contributed by atoms with Crippen molar-refractivity contribution in [1.82, 2.24) is 4.57 Å². The van der Waals surface area contributed by atoms with Crippen LogP contribution in [0.25, 0.3) is 17.5 Å². The highest BCUT2D eigenvalue weighted by Crippen LogP contribution is 2.38. The van der Waals surface area contributed by atoms with Crippen LogP contribution in [0.3, 0.4) is 0 Å². The Morgan fingerprint density at radius 3 is 2.22 bits per heavy atom. The van der Waals surface area contributed by atoms with Crippen molar-refractivity contribution >= 4 is 72.6 Å². The first-order valence-corrected chi connectivity index (χ1v) is 13.5. The third-order valence-electron chi connectivity index (χ3n) is 5.47. The van der Waals surface area contributed by atoms with Crippen LogP contribution in [-0.2, 0) is 19.1 Å². The number of nitrogens with two attached hydrogens (primary N) is 1. The van der Waals surface area contributed by atoms with E-state index in [0.717, 1.165) is 25.8 Å². The number of carbonyl (C=O) groups excluding carboxylic acids is 2. The van der Waals surface area contributed by atoms with Crippen LogP contribution in [0.15, 0.2) is 67.8 Å². The summed E-state index contributed by atoms with van der Waals surface area (Å²) in [5.41, 5.74) is 7.65. The second kappa shape index (κ2) is 11.0. The molecule has 2 heterocycles. The van der Waals surface area contributed by atoms with Crippen LogP contribution in [0.1, 0.15) is 30.9 Å². The van der Waals surface area contributed by atoms with E-state index in [4.69, 9.17) is 15.2 Å². The molecule has 186 valence electrons. The molecular weight excluding hydrogens is 612 g/mol. The minimum atomic E-state index is -0.891. The predicted octanol–water partition coefficient (Wildman–Crippen LogP) is 3.47. The smallest absolute Gasteiger partial charge is 0.338 e. The van der Waals surface area contributed by atoms with Gasteiger partial charge in [-0.2, -0.15) is 0 Å². The molecule has 0 fully saturated rings. The van der Waals surface area contributed by atoms with E-state index in [1.54, 1.807) is 38.1 Å². The maximum atomic E-state index is 13.6. The van der Waals surface area contributed by atoms with Crippen molar-refractivity contribution in [2.75, 3.05) is 13.2 Å². The Labute approximate surface area is 227 Å². The molecule has 0 aliphatic carbocycles. The molecule has 1 aliphatic rings. The number of rotatable bonds is 6. The highest BCUT2D eigenvalue weighted by Gasteiger charge is 2.40. The van der Waals surface area contributed by atoms with Crippen molar-refractivity contribution in [2.24, 2.45) is 5.73 Å². The first-order valence-electron chi connectivity index (χ1n) is 11.1. The molecule has 0 saturated heterocycles. The lowest BCUT2D eigenvalue weighted by molar-refractivity contribution is -0.138. The molecule has 10 heteroatoms. The van der Waals surface area contributed by atoms with E-state index in [1.807, 2.05) is 30.3 Å². The van der Waals surface area contributed by atoms with Gasteiger partial charge in [-0.25, -0.2) is 9.59 Å². The van der Waals surface area contributed by atoms with Crippen LogP contribution in [0.4, 0.5) is 0 Å². The van der Waals surface area contributed by atoms with Crippen LogP contribution in [-0.4, -0.2) is 29.7 Å². The summed E-state index contributed by atoms with van der Waals surface area (Å²) in [7, 11) is 0. The van der Waals surface area contributed by atoms with Crippen LogP contribution in [0.2, 0.25) is 0 Å². The highest BCUT2D eigenvalue weighted by molar-refractivity contribution is 9.10. The molecule has 2 aromatic carbocycles. The molecule has 0 bridgehead atoms. The lowest BCUT2D eigenvalue weighted by Gasteiger charge is -2.27. The van der Waals surface area contributed by atoms with Gasteiger partial charge in [0.25, 0.3) is 5.56 Å². The Balaban J connectivity index is 2.12. The molecule has 0 radical (unpaired) electrons. The lowest BCUT2D eigenvalue weighted by atomic mass is 9.83. The molecule has 1 aliphatic heterocycles. The highest BCUT2D eigenvalue weighted by atomic mass is 79.9. The van der Waals surface area contributed by atoms with Crippen molar-refractivity contribution < 1.29 is 19.1 Å². The summed E-state index contributed by atoms with van der Waals surface area (Å²) in [4.78, 5) is 40.1. The average molecular weight is 634 g/mol. The lowest BCUT2D eigenvalue weighted by Crippen LogP contribution is -2.42. The van der Waals surface area contributed by atoms with Gasteiger partial charge in [-0.05, 0) is 55.3 Å². The number of hydrogen-bond acceptors (Lipinski definition) is 7. The van der Waals surface area contributed by atoms with E-state index in [9.17, 15) is 14.4 Å². The maximum Gasteiger partial charge on any atom is 0.338 e. The van der Waals surface area contributed by atoms with E-state index in [0.29, 0.717) is 14.8 Å². The largest absolute Gasteiger partial charge is 0.463 e. The summed E-state index contributed by atoms with van der Waals surface area (Å²) >= 11 is 8.02. The van der Waals surface area contributed by atoms with E-state index in [1.165, 1.54) is 4.57 Å². The zero-order valence-corrected chi connectivity index (χ0v) is 23.4. The molecule has 1 atom stereocenters. The fraction of sp³-hybridized carbons (Fsp3) is 0.192. The number of benzene rings is 2. The monoisotopic (exact) mass is 632 g/mol. The normalized spacial score (nSPS) is 15.6. The summed E-state index contributed by atoms with van der Waals surface area (Å²) in [6.07, 6.45) is 1.72. The first kappa shape index (κ1) is 26.1. The molecule has 0 saturated carbocycles. The quantitative estimate of drug-likeness (QED) is 0.418. The third kappa shape index (κ3) is 4.98. The fourth-order valence-electron chi connectivity index (χ4n) is 4.03. The van der Waals surface area contributed by atoms with Crippen LogP contribution >= 0.6 is 43.2 Å². The number of ether oxygens (including phenoxy) is 2. The Morgan fingerprint density at radius 1 is 1.00 bits per heavy atom. The fourth-order valence-corrected chi connectivity index (χ4v) is 6.03. The number of hydrogen-bond donors (Lipinski definition) is 1. The molecule has 0 amide bonds. The number of nitrogens with zero attached hydrogens (tertiary/aromatic N) is 1. The van der Waals surface area contributed by atoms with Crippen molar-refractivity contribution in [2.45, 2.75) is 19.8 Å². The topological polar surface area (TPSA) is 101 Å². The van der Waals surface area contributed by atoms with Gasteiger partial charge in [0.15, 0.2) is 0 Å². The zero-order chi connectivity index (χ0) is 26.0. The van der Waals surface area contributed by atoms with Gasteiger partial charge >= 0.3 is 11.9 Å². The number of aromatic nitrogens is 1. The summed E-state index contributed by atoms with van der Waals surface area (Å²) in [5, 5.41) is 0. The minimum Gasteiger partial charge on any atom is -0.463 e. The van der Waals surface area contributed by atoms with Gasteiger partial charge in [-0.15, -0.1) is 11.3 Å². The SMILES string of the molecule is CCOC(=O)C1=C(N)n2c(s/c(=C/c3cccc(Br)c3)c2=O)=C(C(=O)OCC)[C@@H]1c1cccc(Br)c1. The maximum absolute atomic E-state index is 13.6. The summed E-state index contributed by atoms with van der Waals surface area (Å²) in [5.74, 6) is -2.31. The summed E-state index contributed by atoms with van der Waals surface area (Å²) in [6, 6.07) is 14.7. The second-order valence-electron chi connectivity index (χ2n) is 7.75. The van der Waals surface area contributed by atoms with E-state index >= 15 is 0 Å². The van der Waals surface area contributed by atoms with Crippen molar-refractivity contribution in [1.29, 1.82) is 0 Å². The van der Waals surface area contributed by atoms with Crippen molar-refractivity contribution in [3.8, 4) is 0 Å². The van der Waals surface area contributed by atoms with Crippen LogP contribution < -0.4 is 20.5 Å². The van der Waals surface area contributed by atoms with Gasteiger partial charge in [0, 0.05) is 8.95 Å². The molecule has 0 unspecified atom stereocenters. The Hall–Kier alpha value is -2.95. The Morgan fingerprint density at radius 2 is 1.61 bits per heavy atom. The Bertz CT molecular complexity index is 1570. The summed E-state index contributed by atoms with van der Waals surface area (Å²) in [6.45, 7) is 3.59. The molecule has 3 aromatic rings.